The predicted octanol–water partition coefficient (Wildman–Crippen LogP) is 1.04. The molecule has 4 N–H and O–H groups in total. The summed E-state index contributed by atoms with van der Waals surface area (Å²) in [5, 5.41) is 0. The van der Waals surface area contributed by atoms with Crippen LogP contribution in [0.25, 0.3) is 0 Å². The monoisotopic (exact) mass is 323 g/mol. The van der Waals surface area contributed by atoms with Crippen molar-refractivity contribution >= 4 is 43.6 Å². The standard InChI is InChI=1S/C8H10BrN3O4S/c1-16-8(13)12-17(14,15)11-5-2-3-7(10)6(9)4-5/h2-4,11H,10H2,1H3,(H,12,13). The first-order valence-corrected chi connectivity index (χ1v) is 6.55. The fraction of sp³-hybridized carbons (Fsp3) is 0.125. The van der Waals surface area contributed by atoms with Crippen LogP contribution in [0.4, 0.5) is 16.2 Å². The SMILES string of the molecule is COC(=O)NS(=O)(=O)Nc1ccc(N)c(Br)c1. The van der Waals surface area contributed by atoms with E-state index < -0.39 is 16.3 Å². The highest BCUT2D eigenvalue weighted by molar-refractivity contribution is 9.10. The van der Waals surface area contributed by atoms with Gasteiger partial charge in [0.1, 0.15) is 0 Å². The molecule has 0 radical (unpaired) electrons. The van der Waals surface area contributed by atoms with Gasteiger partial charge in [0.15, 0.2) is 0 Å². The summed E-state index contributed by atoms with van der Waals surface area (Å²) in [6.07, 6.45) is -1.08. The number of ether oxygens (including phenoxy) is 1. The van der Waals surface area contributed by atoms with Crippen molar-refractivity contribution in [3.05, 3.63) is 22.7 Å². The Morgan fingerprint density at radius 1 is 1.47 bits per heavy atom. The van der Waals surface area contributed by atoms with E-state index in [1.165, 1.54) is 18.2 Å². The van der Waals surface area contributed by atoms with E-state index in [0.29, 0.717) is 10.2 Å². The molecule has 0 unspecified atom stereocenters. The van der Waals surface area contributed by atoms with Crippen LogP contribution in [0.3, 0.4) is 0 Å². The quantitative estimate of drug-likeness (QED) is 0.720. The number of halogens is 1. The fourth-order valence-corrected chi connectivity index (χ4v) is 2.09. The molecule has 17 heavy (non-hydrogen) atoms. The summed E-state index contributed by atoms with van der Waals surface area (Å²) < 4.78 is 31.3. The van der Waals surface area contributed by atoms with Crippen LogP contribution in [-0.4, -0.2) is 21.6 Å². The first kappa shape index (κ1) is 13.6. The molecule has 94 valence electrons. The molecule has 0 aliphatic heterocycles. The number of anilines is 2. The minimum absolute atomic E-state index is 0.252. The molecule has 1 aromatic carbocycles. The van der Waals surface area contributed by atoms with Crippen LogP contribution in [0.5, 0.6) is 0 Å². The maximum atomic E-state index is 11.4. The molecule has 0 fully saturated rings. The first-order valence-electron chi connectivity index (χ1n) is 4.27. The number of nitrogens with two attached hydrogens (primary N) is 1. The van der Waals surface area contributed by atoms with Crippen LogP contribution in [0.1, 0.15) is 0 Å². The number of carbonyl (C=O) groups excluding carboxylic acids is 1. The van der Waals surface area contributed by atoms with E-state index in [2.05, 4.69) is 25.4 Å². The van der Waals surface area contributed by atoms with E-state index in [0.717, 1.165) is 7.11 Å². The highest BCUT2D eigenvalue weighted by atomic mass is 79.9. The topological polar surface area (TPSA) is 111 Å². The van der Waals surface area contributed by atoms with Gasteiger partial charge in [0.2, 0.25) is 0 Å². The Bertz CT molecular complexity index is 532. The summed E-state index contributed by atoms with van der Waals surface area (Å²) >= 11 is 3.15. The zero-order valence-electron chi connectivity index (χ0n) is 8.73. The largest absolute Gasteiger partial charge is 0.452 e. The molecule has 7 nitrogen and oxygen atoms in total. The van der Waals surface area contributed by atoms with Gasteiger partial charge in [-0.2, -0.15) is 8.42 Å². The van der Waals surface area contributed by atoms with Crippen LogP contribution >= 0.6 is 15.9 Å². The van der Waals surface area contributed by atoms with Gasteiger partial charge in [-0.1, -0.05) is 0 Å². The number of hydrogen-bond acceptors (Lipinski definition) is 5. The molecule has 0 aromatic heterocycles. The van der Waals surface area contributed by atoms with E-state index in [-0.39, 0.29) is 5.69 Å². The molecule has 0 aliphatic rings. The van der Waals surface area contributed by atoms with Gasteiger partial charge in [-0.15, -0.1) is 0 Å². The molecule has 9 heteroatoms. The summed E-state index contributed by atoms with van der Waals surface area (Å²) in [5.41, 5.74) is 6.26. The normalized spacial score (nSPS) is 10.7. The van der Waals surface area contributed by atoms with Crippen LogP contribution < -0.4 is 15.2 Å². The third kappa shape index (κ3) is 4.11. The molecule has 1 aromatic rings. The first-order chi connectivity index (χ1) is 7.84. The minimum Gasteiger partial charge on any atom is -0.452 e. The van der Waals surface area contributed by atoms with E-state index in [1.807, 2.05) is 0 Å². The third-order valence-electron chi connectivity index (χ3n) is 1.66. The van der Waals surface area contributed by atoms with Crippen molar-refractivity contribution in [2.45, 2.75) is 0 Å². The molecule has 0 aliphatic carbocycles. The molecule has 0 saturated carbocycles. The maximum Gasteiger partial charge on any atom is 0.422 e. The molecule has 0 atom stereocenters. The second-order valence-electron chi connectivity index (χ2n) is 2.94. The Morgan fingerprint density at radius 2 is 2.12 bits per heavy atom. The second kappa shape index (κ2) is 5.23. The molecular weight excluding hydrogens is 314 g/mol. The minimum atomic E-state index is -4.01. The van der Waals surface area contributed by atoms with Crippen LogP contribution in [-0.2, 0) is 14.9 Å². The zero-order chi connectivity index (χ0) is 13.1. The van der Waals surface area contributed by atoms with Crippen molar-refractivity contribution in [2.24, 2.45) is 0 Å². The van der Waals surface area contributed by atoms with Crippen molar-refractivity contribution < 1.29 is 17.9 Å². The summed E-state index contributed by atoms with van der Waals surface area (Å²) in [4.78, 5) is 10.8. The maximum absolute atomic E-state index is 11.4. The van der Waals surface area contributed by atoms with E-state index in [1.54, 1.807) is 4.72 Å². The summed E-state index contributed by atoms with van der Waals surface area (Å²) in [5.74, 6) is 0. The lowest BCUT2D eigenvalue weighted by molar-refractivity contribution is 0.177. The third-order valence-corrected chi connectivity index (χ3v) is 3.28. The van der Waals surface area contributed by atoms with Gasteiger partial charge in [0.05, 0.1) is 12.8 Å². The predicted molar refractivity (Wildman–Crippen MR) is 66.6 cm³/mol. The van der Waals surface area contributed by atoms with Crippen molar-refractivity contribution in [1.29, 1.82) is 0 Å². The van der Waals surface area contributed by atoms with Gasteiger partial charge in [-0.25, -0.2) is 9.52 Å². The van der Waals surface area contributed by atoms with Gasteiger partial charge >= 0.3 is 16.3 Å². The van der Waals surface area contributed by atoms with Gasteiger partial charge in [0.25, 0.3) is 0 Å². The van der Waals surface area contributed by atoms with Gasteiger partial charge < -0.3 is 10.5 Å². The Balaban J connectivity index is 2.83. The number of methoxy groups -OCH3 is 1. The summed E-state index contributed by atoms with van der Waals surface area (Å²) in [6.45, 7) is 0. The molecule has 0 bridgehead atoms. The Labute approximate surface area is 107 Å². The van der Waals surface area contributed by atoms with Crippen molar-refractivity contribution in [1.82, 2.24) is 4.72 Å². The molecule has 0 saturated heterocycles. The molecule has 1 rings (SSSR count). The number of nitrogen functional groups attached to an aromatic ring is 1. The number of rotatable bonds is 3. The molecular formula is C8H10BrN3O4S. The average Bonchev–Trinajstić information content (AvgIpc) is 2.22. The van der Waals surface area contributed by atoms with Crippen LogP contribution in [0.2, 0.25) is 0 Å². The van der Waals surface area contributed by atoms with Crippen molar-refractivity contribution in [3.63, 3.8) is 0 Å². The van der Waals surface area contributed by atoms with Gasteiger partial charge in [-0.3, -0.25) is 4.72 Å². The second-order valence-corrected chi connectivity index (χ2v) is 5.20. The molecule has 1 amide bonds. The zero-order valence-corrected chi connectivity index (χ0v) is 11.1. The molecule has 0 heterocycles. The lowest BCUT2D eigenvalue weighted by Crippen LogP contribution is -2.35. The highest BCUT2D eigenvalue weighted by Crippen LogP contribution is 2.23. The van der Waals surface area contributed by atoms with Crippen molar-refractivity contribution in [2.75, 3.05) is 17.6 Å². The number of hydrogen-bond donors (Lipinski definition) is 3. The smallest absolute Gasteiger partial charge is 0.422 e. The van der Waals surface area contributed by atoms with Gasteiger partial charge in [0, 0.05) is 10.2 Å². The fourth-order valence-electron chi connectivity index (χ4n) is 0.923. The lowest BCUT2D eigenvalue weighted by atomic mass is 10.3. The van der Waals surface area contributed by atoms with Crippen LogP contribution in [0.15, 0.2) is 22.7 Å². The summed E-state index contributed by atoms with van der Waals surface area (Å²) in [6, 6.07) is 4.43. The molecule has 0 spiro atoms. The summed E-state index contributed by atoms with van der Waals surface area (Å²) in [7, 11) is -2.95. The van der Waals surface area contributed by atoms with E-state index in [4.69, 9.17) is 5.73 Å². The number of benzene rings is 1. The van der Waals surface area contributed by atoms with Crippen LogP contribution in [0, 0.1) is 0 Å². The van der Waals surface area contributed by atoms with Crippen molar-refractivity contribution in [3.8, 4) is 0 Å². The number of carbonyl (C=O) groups is 1. The number of amides is 1. The lowest BCUT2D eigenvalue weighted by Gasteiger charge is -2.09. The highest BCUT2D eigenvalue weighted by Gasteiger charge is 2.14. The Kier molecular flexibility index (Phi) is 4.18. The van der Waals surface area contributed by atoms with Gasteiger partial charge in [-0.05, 0) is 34.1 Å². The number of nitrogens with one attached hydrogen (secondary N) is 2. The average molecular weight is 324 g/mol. The van der Waals surface area contributed by atoms with E-state index >= 15 is 0 Å². The Hall–Kier alpha value is -1.48. The van der Waals surface area contributed by atoms with E-state index in [9.17, 15) is 13.2 Å². The Morgan fingerprint density at radius 3 is 2.65 bits per heavy atom.